The molecule has 0 saturated heterocycles. The second kappa shape index (κ2) is 11.6. The monoisotopic (exact) mass is 700 g/mol. The van der Waals surface area contributed by atoms with E-state index in [2.05, 4.69) is 65.6 Å². The van der Waals surface area contributed by atoms with E-state index in [4.69, 9.17) is 0 Å². The Balaban J connectivity index is 1.19. The third-order valence-corrected chi connectivity index (χ3v) is 10.3. The van der Waals surface area contributed by atoms with Gasteiger partial charge in [0.25, 0.3) is 0 Å². The van der Waals surface area contributed by atoms with Crippen LogP contribution in [0.2, 0.25) is 0 Å². The van der Waals surface area contributed by atoms with Crippen molar-refractivity contribution in [2.24, 2.45) is 0 Å². The molecular formula is C46H25F5N2. The van der Waals surface area contributed by atoms with Gasteiger partial charge in [-0.15, -0.1) is 0 Å². The van der Waals surface area contributed by atoms with Crippen molar-refractivity contribution < 1.29 is 22.0 Å². The molecule has 254 valence electrons. The molecule has 0 aliphatic heterocycles. The summed E-state index contributed by atoms with van der Waals surface area (Å²) in [6.07, 6.45) is 0. The van der Waals surface area contributed by atoms with E-state index in [-0.39, 0.29) is 0 Å². The molecule has 1 aromatic heterocycles. The summed E-state index contributed by atoms with van der Waals surface area (Å²) in [7, 11) is 0. The van der Waals surface area contributed by atoms with Gasteiger partial charge in [-0.3, -0.25) is 0 Å². The van der Waals surface area contributed by atoms with Crippen LogP contribution in [0.3, 0.4) is 0 Å². The molecule has 2 nitrogen and oxygen atoms in total. The predicted octanol–water partition coefficient (Wildman–Crippen LogP) is 13.5. The van der Waals surface area contributed by atoms with Gasteiger partial charge >= 0.3 is 0 Å². The number of hydrogen-bond acceptors (Lipinski definition) is 1. The Hall–Kier alpha value is -6.73. The Labute approximate surface area is 299 Å². The topological polar surface area (TPSA) is 8.17 Å². The summed E-state index contributed by atoms with van der Waals surface area (Å²) in [5.74, 6) is -9.95. The van der Waals surface area contributed by atoms with Crippen molar-refractivity contribution in [3.63, 3.8) is 0 Å². The normalized spacial score (nSPS) is 11.9. The fraction of sp³-hybridized carbons (Fsp3) is 0. The van der Waals surface area contributed by atoms with E-state index in [9.17, 15) is 13.2 Å². The number of nitrogens with zero attached hydrogens (tertiary/aromatic N) is 2. The SMILES string of the molecule is Fc1c(F)c(F)c(-n2c3ccccc3c3c4ccc5ccc(-c6ccc(N(c7ccccc7)c7ccccc7)cc6)c6ccc(cc32)c4c56)c(F)c1F. The molecule has 0 saturated carbocycles. The third-order valence-electron chi connectivity index (χ3n) is 10.3. The molecule has 0 radical (unpaired) electrons. The maximum atomic E-state index is 15.4. The van der Waals surface area contributed by atoms with Crippen molar-refractivity contribution in [2.45, 2.75) is 0 Å². The van der Waals surface area contributed by atoms with Crippen LogP contribution in [0.15, 0.2) is 152 Å². The summed E-state index contributed by atoms with van der Waals surface area (Å²) in [6, 6.07) is 49.7. The molecule has 0 amide bonds. The zero-order chi connectivity index (χ0) is 36.0. The van der Waals surface area contributed by atoms with Gasteiger partial charge in [0.15, 0.2) is 23.3 Å². The molecule has 0 unspecified atom stereocenters. The summed E-state index contributed by atoms with van der Waals surface area (Å²) in [5.41, 5.74) is 4.80. The van der Waals surface area contributed by atoms with E-state index >= 15 is 8.78 Å². The maximum Gasteiger partial charge on any atom is 0.200 e. The molecular weight excluding hydrogens is 676 g/mol. The molecule has 1 heterocycles. The summed E-state index contributed by atoms with van der Waals surface area (Å²) in [6.45, 7) is 0. The summed E-state index contributed by atoms with van der Waals surface area (Å²) < 4.78 is 75.3. The van der Waals surface area contributed by atoms with Crippen molar-refractivity contribution >= 4 is 71.2 Å². The van der Waals surface area contributed by atoms with Gasteiger partial charge in [-0.25, -0.2) is 22.0 Å². The minimum Gasteiger partial charge on any atom is -0.311 e. The third kappa shape index (κ3) is 4.50. The number of para-hydroxylation sites is 3. The zero-order valence-corrected chi connectivity index (χ0v) is 27.7. The highest BCUT2D eigenvalue weighted by atomic mass is 19.2. The Morgan fingerprint density at radius 2 is 0.906 bits per heavy atom. The molecule has 0 fully saturated rings. The average Bonchev–Trinajstić information content (AvgIpc) is 3.53. The van der Waals surface area contributed by atoms with Crippen LogP contribution in [0.5, 0.6) is 0 Å². The predicted molar refractivity (Wildman–Crippen MR) is 204 cm³/mol. The van der Waals surface area contributed by atoms with E-state index in [0.29, 0.717) is 21.8 Å². The summed E-state index contributed by atoms with van der Waals surface area (Å²) in [5, 5.41) is 6.87. The highest BCUT2D eigenvalue weighted by Gasteiger charge is 2.30. The first-order valence-corrected chi connectivity index (χ1v) is 17.1. The number of hydrogen-bond donors (Lipinski definition) is 0. The van der Waals surface area contributed by atoms with Gasteiger partial charge in [0.1, 0.15) is 5.69 Å². The van der Waals surface area contributed by atoms with Crippen LogP contribution in [0.1, 0.15) is 0 Å². The first-order chi connectivity index (χ1) is 25.9. The van der Waals surface area contributed by atoms with E-state index in [1.165, 1.54) is 0 Å². The molecule has 0 N–H and O–H groups in total. The first kappa shape index (κ1) is 31.0. The Kier molecular flexibility index (Phi) is 6.82. The van der Waals surface area contributed by atoms with Gasteiger partial charge in [0.2, 0.25) is 5.82 Å². The molecule has 0 atom stereocenters. The molecule has 10 rings (SSSR count). The van der Waals surface area contributed by atoms with Gasteiger partial charge in [-0.2, -0.15) is 0 Å². The molecule has 0 aliphatic carbocycles. The molecule has 10 aromatic rings. The van der Waals surface area contributed by atoms with E-state index in [1.54, 1.807) is 30.3 Å². The zero-order valence-electron chi connectivity index (χ0n) is 27.7. The van der Waals surface area contributed by atoms with E-state index < -0.39 is 34.8 Å². The van der Waals surface area contributed by atoms with Crippen LogP contribution < -0.4 is 4.90 Å². The number of benzene rings is 9. The molecule has 7 heteroatoms. The molecule has 0 aliphatic rings. The highest BCUT2D eigenvalue weighted by Crippen LogP contribution is 2.46. The minimum atomic E-state index is -2.19. The lowest BCUT2D eigenvalue weighted by Gasteiger charge is -2.25. The van der Waals surface area contributed by atoms with Crippen LogP contribution in [-0.4, -0.2) is 4.57 Å². The van der Waals surface area contributed by atoms with Crippen LogP contribution >= 0.6 is 0 Å². The average molecular weight is 701 g/mol. The number of rotatable bonds is 5. The number of fused-ring (bicyclic) bond motifs is 4. The number of aromatic nitrogens is 1. The highest BCUT2D eigenvalue weighted by molar-refractivity contribution is 6.34. The largest absolute Gasteiger partial charge is 0.311 e. The van der Waals surface area contributed by atoms with E-state index in [0.717, 1.165) is 65.1 Å². The Bertz CT molecular complexity index is 2980. The minimum absolute atomic E-state index is 0.321. The van der Waals surface area contributed by atoms with Gasteiger partial charge in [-0.05, 0) is 92.0 Å². The van der Waals surface area contributed by atoms with Crippen LogP contribution in [0, 0.1) is 29.1 Å². The lowest BCUT2D eigenvalue weighted by Crippen LogP contribution is -2.09. The molecule has 0 spiro atoms. The molecule has 0 bridgehead atoms. The second-order valence-corrected chi connectivity index (χ2v) is 13.1. The van der Waals surface area contributed by atoms with Gasteiger partial charge in [0, 0.05) is 27.8 Å². The maximum absolute atomic E-state index is 15.4. The second-order valence-electron chi connectivity index (χ2n) is 13.1. The van der Waals surface area contributed by atoms with Gasteiger partial charge in [0.05, 0.1) is 11.0 Å². The van der Waals surface area contributed by atoms with Crippen molar-refractivity contribution in [1.29, 1.82) is 0 Å². The van der Waals surface area contributed by atoms with Crippen LogP contribution in [-0.2, 0) is 0 Å². The van der Waals surface area contributed by atoms with Crippen molar-refractivity contribution in [1.82, 2.24) is 4.57 Å². The van der Waals surface area contributed by atoms with Crippen molar-refractivity contribution in [3.05, 3.63) is 181 Å². The molecule has 53 heavy (non-hydrogen) atoms. The van der Waals surface area contributed by atoms with Gasteiger partial charge < -0.3 is 9.47 Å². The Morgan fingerprint density at radius 1 is 0.377 bits per heavy atom. The lowest BCUT2D eigenvalue weighted by atomic mass is 9.88. The smallest absolute Gasteiger partial charge is 0.200 e. The van der Waals surface area contributed by atoms with Crippen molar-refractivity contribution in [2.75, 3.05) is 4.90 Å². The quantitative estimate of drug-likeness (QED) is 0.0751. The fourth-order valence-electron chi connectivity index (χ4n) is 8.00. The summed E-state index contributed by atoms with van der Waals surface area (Å²) in [4.78, 5) is 2.21. The fourth-order valence-corrected chi connectivity index (χ4v) is 8.00. The van der Waals surface area contributed by atoms with Crippen LogP contribution in [0.4, 0.5) is 39.0 Å². The van der Waals surface area contributed by atoms with Crippen molar-refractivity contribution in [3.8, 4) is 16.8 Å². The Morgan fingerprint density at radius 3 is 1.58 bits per heavy atom. The first-order valence-electron chi connectivity index (χ1n) is 17.1. The van der Waals surface area contributed by atoms with Crippen LogP contribution in [0.25, 0.3) is 70.9 Å². The summed E-state index contributed by atoms with van der Waals surface area (Å²) >= 11 is 0. The number of anilines is 3. The van der Waals surface area contributed by atoms with Gasteiger partial charge in [-0.1, -0.05) is 103 Å². The standard InChI is InChI=1S/C46H25F5N2/c47-41-42(48)44(50)46(45(51)43(41)49)53-36-14-8-7-13-34(36)40-35-24-18-27-17-22-32(33-23-19-28(25-37(40)53)39(35)38(27)33)26-15-20-31(21-16-26)52(29-9-3-1-4-10-29)30-11-5-2-6-12-30/h1-25H. The lowest BCUT2D eigenvalue weighted by molar-refractivity contribution is 0.376. The molecule has 9 aromatic carbocycles. The van der Waals surface area contributed by atoms with E-state index in [1.807, 2.05) is 60.7 Å². The number of halogens is 5.